The Hall–Kier alpha value is -3.65. The summed E-state index contributed by atoms with van der Waals surface area (Å²) in [7, 11) is 1.48. The van der Waals surface area contributed by atoms with Crippen molar-refractivity contribution in [2.24, 2.45) is 5.10 Å². The quantitative estimate of drug-likeness (QED) is 0.284. The maximum Gasteiger partial charge on any atom is 0.353 e. The lowest BCUT2D eigenvalue weighted by Crippen LogP contribution is -2.24. The Kier molecular flexibility index (Phi) is 6.37. The summed E-state index contributed by atoms with van der Waals surface area (Å²) in [5.74, 6) is 0.226. The molecule has 0 spiro atoms. The fourth-order valence-electron chi connectivity index (χ4n) is 2.24. The number of hydrogen-bond acceptors (Lipinski definition) is 6. The van der Waals surface area contributed by atoms with Crippen LogP contribution in [0.4, 0.5) is 10.5 Å². The number of nitrogens with one attached hydrogen (secondary N) is 2. The van der Waals surface area contributed by atoms with Gasteiger partial charge in [0, 0.05) is 5.69 Å². The van der Waals surface area contributed by atoms with Crippen molar-refractivity contribution in [2.75, 3.05) is 12.4 Å². The van der Waals surface area contributed by atoms with E-state index in [0.717, 1.165) is 0 Å². The van der Waals surface area contributed by atoms with Gasteiger partial charge in [-0.05, 0) is 47.3 Å². The first-order valence-corrected chi connectivity index (χ1v) is 9.12. The third kappa shape index (κ3) is 5.18. The van der Waals surface area contributed by atoms with Crippen molar-refractivity contribution in [3.05, 3.63) is 76.5 Å². The van der Waals surface area contributed by atoms with Gasteiger partial charge in [-0.3, -0.25) is 0 Å². The smallest absolute Gasteiger partial charge is 0.353 e. The Labute approximate surface area is 165 Å². The molecule has 0 fully saturated rings. The van der Waals surface area contributed by atoms with Gasteiger partial charge >= 0.3 is 12.0 Å². The summed E-state index contributed by atoms with van der Waals surface area (Å²) in [5.41, 5.74) is 3.70. The highest BCUT2D eigenvalue weighted by Crippen LogP contribution is 2.28. The molecule has 0 aliphatic carbocycles. The zero-order valence-corrected chi connectivity index (χ0v) is 15.7. The predicted molar refractivity (Wildman–Crippen MR) is 108 cm³/mol. The van der Waals surface area contributed by atoms with Crippen molar-refractivity contribution >= 4 is 35.2 Å². The molecule has 0 radical (unpaired) electrons. The summed E-state index contributed by atoms with van der Waals surface area (Å²) < 4.78 is 10.6. The number of thiophene rings is 1. The molecule has 0 atom stereocenters. The number of benzene rings is 2. The van der Waals surface area contributed by atoms with E-state index in [2.05, 4.69) is 15.8 Å². The van der Waals surface area contributed by atoms with Gasteiger partial charge in [0.2, 0.25) is 0 Å². The Bertz CT molecular complexity index is 972. The fraction of sp³-hybridized carbons (Fsp3) is 0.0500. The van der Waals surface area contributed by atoms with Gasteiger partial charge in [-0.1, -0.05) is 24.3 Å². The molecule has 0 bridgehead atoms. The van der Waals surface area contributed by atoms with Crippen LogP contribution in [0.3, 0.4) is 0 Å². The summed E-state index contributed by atoms with van der Waals surface area (Å²) >= 11 is 1.30. The average molecular weight is 395 g/mol. The van der Waals surface area contributed by atoms with E-state index >= 15 is 0 Å². The number of rotatable bonds is 6. The van der Waals surface area contributed by atoms with Crippen molar-refractivity contribution in [1.82, 2.24) is 5.43 Å². The van der Waals surface area contributed by atoms with Crippen molar-refractivity contribution in [3.63, 3.8) is 0 Å². The van der Waals surface area contributed by atoms with Gasteiger partial charge in [0.05, 0.1) is 13.3 Å². The van der Waals surface area contributed by atoms with Crippen LogP contribution in [0.1, 0.15) is 15.2 Å². The fourth-order valence-corrected chi connectivity index (χ4v) is 2.84. The number of methoxy groups -OCH3 is 1. The average Bonchev–Trinajstić information content (AvgIpc) is 3.25. The van der Waals surface area contributed by atoms with Crippen LogP contribution in [-0.4, -0.2) is 25.3 Å². The van der Waals surface area contributed by atoms with Crippen molar-refractivity contribution in [3.8, 4) is 11.5 Å². The predicted octanol–water partition coefficient (Wildman–Crippen LogP) is 4.13. The Morgan fingerprint density at radius 2 is 1.86 bits per heavy atom. The lowest BCUT2D eigenvalue weighted by atomic mass is 10.2. The highest BCUT2D eigenvalue weighted by molar-refractivity contribution is 7.12. The van der Waals surface area contributed by atoms with Crippen molar-refractivity contribution in [1.29, 1.82) is 0 Å². The number of ether oxygens (including phenoxy) is 2. The van der Waals surface area contributed by atoms with Crippen LogP contribution in [0, 0.1) is 0 Å². The molecule has 3 rings (SSSR count). The number of urea groups is 1. The first kappa shape index (κ1) is 19.1. The normalized spacial score (nSPS) is 10.5. The van der Waals surface area contributed by atoms with Gasteiger partial charge < -0.3 is 14.8 Å². The van der Waals surface area contributed by atoms with Crippen LogP contribution in [0.15, 0.2) is 71.1 Å². The van der Waals surface area contributed by atoms with E-state index in [0.29, 0.717) is 27.6 Å². The SMILES string of the molecule is COc1cc(C=NNC(=O)Nc2ccccc2)ccc1OC(=O)c1cccs1. The maximum absolute atomic E-state index is 12.1. The van der Waals surface area contributed by atoms with Crippen LogP contribution in [0.2, 0.25) is 0 Å². The number of carbonyl (C=O) groups is 2. The third-order valence-electron chi connectivity index (χ3n) is 3.52. The van der Waals surface area contributed by atoms with Crippen molar-refractivity contribution in [2.45, 2.75) is 0 Å². The van der Waals surface area contributed by atoms with E-state index in [-0.39, 0.29) is 0 Å². The van der Waals surface area contributed by atoms with Crippen LogP contribution in [0.5, 0.6) is 11.5 Å². The Morgan fingerprint density at radius 3 is 2.57 bits per heavy atom. The minimum Gasteiger partial charge on any atom is -0.493 e. The summed E-state index contributed by atoms with van der Waals surface area (Å²) in [6.45, 7) is 0. The van der Waals surface area contributed by atoms with E-state index in [4.69, 9.17) is 9.47 Å². The highest BCUT2D eigenvalue weighted by Gasteiger charge is 2.13. The molecule has 0 aliphatic rings. The van der Waals surface area contributed by atoms with Crippen LogP contribution in [-0.2, 0) is 0 Å². The number of esters is 1. The minimum absolute atomic E-state index is 0.299. The highest BCUT2D eigenvalue weighted by atomic mass is 32.1. The molecule has 2 aromatic carbocycles. The molecule has 2 N–H and O–H groups in total. The number of anilines is 1. The molecule has 0 saturated carbocycles. The second kappa shape index (κ2) is 9.33. The molecule has 0 aliphatic heterocycles. The third-order valence-corrected chi connectivity index (χ3v) is 4.37. The van der Waals surface area contributed by atoms with Crippen LogP contribution < -0.4 is 20.2 Å². The summed E-state index contributed by atoms with van der Waals surface area (Å²) in [4.78, 5) is 24.4. The molecular weight excluding hydrogens is 378 g/mol. The van der Waals surface area contributed by atoms with E-state index in [1.807, 2.05) is 18.2 Å². The number of hydrogen-bond donors (Lipinski definition) is 2. The topological polar surface area (TPSA) is 89.0 Å². The van der Waals surface area contributed by atoms with Crippen LogP contribution in [0.25, 0.3) is 0 Å². The molecule has 1 heterocycles. The molecular formula is C20H17N3O4S. The lowest BCUT2D eigenvalue weighted by Gasteiger charge is -2.09. The van der Waals surface area contributed by atoms with Gasteiger partial charge in [-0.25, -0.2) is 15.0 Å². The summed E-state index contributed by atoms with van der Waals surface area (Å²) in [5, 5.41) is 8.35. The number of carbonyl (C=O) groups excluding carboxylic acids is 2. The first-order chi connectivity index (χ1) is 13.7. The molecule has 0 unspecified atom stereocenters. The Morgan fingerprint density at radius 1 is 1.04 bits per heavy atom. The van der Waals surface area contributed by atoms with Gasteiger partial charge in [0.15, 0.2) is 11.5 Å². The first-order valence-electron chi connectivity index (χ1n) is 8.24. The number of amides is 2. The minimum atomic E-state index is -0.462. The number of para-hydroxylation sites is 1. The molecule has 7 nitrogen and oxygen atoms in total. The van der Waals surface area contributed by atoms with Gasteiger partial charge in [-0.2, -0.15) is 5.10 Å². The molecule has 2 amide bonds. The molecule has 28 heavy (non-hydrogen) atoms. The van der Waals surface area contributed by atoms with Gasteiger partial charge in [0.1, 0.15) is 4.88 Å². The second-order valence-corrected chi connectivity index (χ2v) is 6.41. The monoisotopic (exact) mass is 395 g/mol. The van der Waals surface area contributed by atoms with Gasteiger partial charge in [0.25, 0.3) is 0 Å². The molecule has 8 heteroatoms. The molecule has 3 aromatic rings. The van der Waals surface area contributed by atoms with E-state index < -0.39 is 12.0 Å². The van der Waals surface area contributed by atoms with E-state index in [1.54, 1.807) is 47.8 Å². The second-order valence-electron chi connectivity index (χ2n) is 5.47. The number of nitrogens with zero attached hydrogens (tertiary/aromatic N) is 1. The molecule has 1 aromatic heterocycles. The van der Waals surface area contributed by atoms with Crippen LogP contribution >= 0.6 is 11.3 Å². The zero-order valence-electron chi connectivity index (χ0n) is 14.9. The Balaban J connectivity index is 1.60. The zero-order chi connectivity index (χ0) is 19.8. The lowest BCUT2D eigenvalue weighted by molar-refractivity contribution is 0.0735. The summed E-state index contributed by atoms with van der Waals surface area (Å²) in [6.07, 6.45) is 1.46. The largest absolute Gasteiger partial charge is 0.493 e. The summed E-state index contributed by atoms with van der Waals surface area (Å²) in [6, 6.07) is 17.0. The van der Waals surface area contributed by atoms with Gasteiger partial charge in [-0.15, -0.1) is 11.3 Å². The molecule has 0 saturated heterocycles. The van der Waals surface area contributed by atoms with E-state index in [9.17, 15) is 9.59 Å². The van der Waals surface area contributed by atoms with E-state index in [1.165, 1.54) is 24.7 Å². The maximum atomic E-state index is 12.1. The number of hydrazone groups is 1. The standard InChI is InChI=1S/C20H17N3O4S/c1-26-17-12-14(9-10-16(17)27-19(24)18-8-5-11-28-18)13-21-23-20(25)22-15-6-3-2-4-7-15/h2-13H,1H3,(H2,22,23,25). The molecule has 142 valence electrons. The van der Waals surface area contributed by atoms with Crippen molar-refractivity contribution < 1.29 is 19.1 Å².